The van der Waals surface area contributed by atoms with Crippen molar-refractivity contribution in [1.82, 2.24) is 29.9 Å². The Morgan fingerprint density at radius 3 is 2.87 bits per heavy atom. The van der Waals surface area contributed by atoms with E-state index in [0.717, 1.165) is 64.2 Å². The number of nitrogens with one attached hydrogen (secondary N) is 1. The summed E-state index contributed by atoms with van der Waals surface area (Å²) in [6.45, 7) is 1.87. The summed E-state index contributed by atoms with van der Waals surface area (Å²) in [5.41, 5.74) is 5.14. The van der Waals surface area contributed by atoms with Crippen LogP contribution in [0.4, 0.5) is 0 Å². The molecule has 0 unspecified atom stereocenters. The van der Waals surface area contributed by atoms with Crippen LogP contribution < -0.4 is 10.1 Å². The van der Waals surface area contributed by atoms with Crippen molar-refractivity contribution in [2.75, 3.05) is 13.1 Å². The van der Waals surface area contributed by atoms with Gasteiger partial charge in [-0.1, -0.05) is 18.2 Å². The van der Waals surface area contributed by atoms with Gasteiger partial charge in [0, 0.05) is 41.6 Å². The van der Waals surface area contributed by atoms with Crippen molar-refractivity contribution in [2.45, 2.75) is 12.5 Å². The summed E-state index contributed by atoms with van der Waals surface area (Å²) in [6.07, 6.45) is 8.80. The molecule has 5 aromatic rings. The van der Waals surface area contributed by atoms with Crippen molar-refractivity contribution in [3.05, 3.63) is 73.4 Å². The number of rotatable bonds is 4. The quantitative estimate of drug-likeness (QED) is 0.487. The Labute approximate surface area is 180 Å². The highest BCUT2D eigenvalue weighted by molar-refractivity contribution is 5.97. The minimum atomic E-state index is 0.208. The average molecular weight is 409 g/mol. The maximum atomic E-state index is 7.77. The lowest BCUT2D eigenvalue weighted by molar-refractivity contribution is 0.222. The second-order valence-corrected chi connectivity index (χ2v) is 7.59. The Bertz CT molecular complexity index is 1430. The van der Waals surface area contributed by atoms with Crippen LogP contribution in [0.2, 0.25) is 0 Å². The Balaban J connectivity index is 1.33. The molecule has 0 aliphatic carbocycles. The topological polar surface area (TPSA) is 77.2 Å². The van der Waals surface area contributed by atoms with Gasteiger partial charge in [0.15, 0.2) is 5.65 Å². The first-order valence-corrected chi connectivity index (χ1v) is 10.3. The summed E-state index contributed by atoms with van der Waals surface area (Å²) in [7, 11) is 0. The van der Waals surface area contributed by atoms with Gasteiger partial charge in [-0.15, -0.1) is 0 Å². The number of benzene rings is 1. The molecule has 7 heteroatoms. The second kappa shape index (κ2) is 7.45. The van der Waals surface area contributed by atoms with Crippen molar-refractivity contribution in [3.8, 4) is 28.1 Å². The molecule has 5 heterocycles. The molecule has 0 amide bonds. The SMILES string of the molecule is [2H]c1ccc2c(-c3cnn4cc(-c5ccc(O[C@@H]6CCNC6)cn5)cnc34)cccc2n1. The highest BCUT2D eigenvalue weighted by Crippen LogP contribution is 2.30. The van der Waals surface area contributed by atoms with E-state index in [0.29, 0.717) is 0 Å². The minimum absolute atomic E-state index is 0.208. The molecule has 1 saturated heterocycles. The molecule has 31 heavy (non-hydrogen) atoms. The fourth-order valence-corrected chi connectivity index (χ4v) is 4.03. The fraction of sp³-hybridized carbons (Fsp3) is 0.167. The number of nitrogens with zero attached hydrogens (tertiary/aromatic N) is 5. The van der Waals surface area contributed by atoms with Crippen molar-refractivity contribution < 1.29 is 6.11 Å². The van der Waals surface area contributed by atoms with Crippen LogP contribution in [-0.4, -0.2) is 43.8 Å². The lowest BCUT2D eigenvalue weighted by Crippen LogP contribution is -2.19. The van der Waals surface area contributed by atoms with E-state index in [1.165, 1.54) is 0 Å². The first-order chi connectivity index (χ1) is 15.7. The summed E-state index contributed by atoms with van der Waals surface area (Å²) in [4.78, 5) is 13.6. The van der Waals surface area contributed by atoms with Gasteiger partial charge < -0.3 is 10.1 Å². The molecule has 1 atom stereocenters. The average Bonchev–Trinajstić information content (AvgIpc) is 3.48. The molecule has 0 spiro atoms. The van der Waals surface area contributed by atoms with Gasteiger partial charge in [-0.25, -0.2) is 9.50 Å². The van der Waals surface area contributed by atoms with Gasteiger partial charge in [0.25, 0.3) is 0 Å². The molecular formula is C24H20N6O. The van der Waals surface area contributed by atoms with Crippen LogP contribution in [0, 0.1) is 0 Å². The number of hydrogen-bond donors (Lipinski definition) is 1. The highest BCUT2D eigenvalue weighted by atomic mass is 16.5. The van der Waals surface area contributed by atoms with Crippen LogP contribution in [0.15, 0.2) is 73.4 Å². The zero-order valence-electron chi connectivity index (χ0n) is 17.7. The van der Waals surface area contributed by atoms with Gasteiger partial charge in [0.1, 0.15) is 11.9 Å². The van der Waals surface area contributed by atoms with Gasteiger partial charge in [-0.3, -0.25) is 9.97 Å². The molecule has 0 radical (unpaired) electrons. The highest BCUT2D eigenvalue weighted by Gasteiger charge is 2.16. The molecule has 1 aromatic carbocycles. The smallest absolute Gasteiger partial charge is 0.162 e. The monoisotopic (exact) mass is 409 g/mol. The summed E-state index contributed by atoms with van der Waals surface area (Å²) in [5, 5.41) is 8.80. The lowest BCUT2D eigenvalue weighted by atomic mass is 10.0. The van der Waals surface area contributed by atoms with Crippen molar-refractivity contribution >= 4 is 16.6 Å². The molecule has 4 aromatic heterocycles. The molecule has 6 rings (SSSR count). The normalized spacial score (nSPS) is 16.6. The van der Waals surface area contributed by atoms with Crippen LogP contribution in [-0.2, 0) is 0 Å². The largest absolute Gasteiger partial charge is 0.487 e. The molecule has 1 fully saturated rings. The van der Waals surface area contributed by atoms with Crippen LogP contribution in [0.5, 0.6) is 5.75 Å². The molecule has 1 N–H and O–H groups in total. The molecule has 7 nitrogen and oxygen atoms in total. The maximum absolute atomic E-state index is 7.77. The van der Waals surface area contributed by atoms with Crippen molar-refractivity contribution in [3.63, 3.8) is 0 Å². The summed E-state index contributed by atoms with van der Waals surface area (Å²) in [5.74, 6) is 0.776. The lowest BCUT2D eigenvalue weighted by Gasteiger charge is -2.12. The van der Waals surface area contributed by atoms with Crippen molar-refractivity contribution in [1.29, 1.82) is 0 Å². The minimum Gasteiger partial charge on any atom is -0.487 e. The Morgan fingerprint density at radius 2 is 2.00 bits per heavy atom. The third-order valence-electron chi connectivity index (χ3n) is 5.59. The predicted octanol–water partition coefficient (Wildman–Crippen LogP) is 3.75. The van der Waals surface area contributed by atoms with E-state index in [9.17, 15) is 0 Å². The summed E-state index contributed by atoms with van der Waals surface area (Å²) in [6, 6.07) is 13.4. The van der Waals surface area contributed by atoms with Gasteiger partial charge in [-0.05, 0) is 42.8 Å². The van der Waals surface area contributed by atoms with E-state index in [1.54, 1.807) is 16.8 Å². The van der Waals surface area contributed by atoms with Crippen LogP contribution in [0.1, 0.15) is 7.79 Å². The fourth-order valence-electron chi connectivity index (χ4n) is 4.03. The Morgan fingerprint density at radius 1 is 1.00 bits per heavy atom. The Hall–Kier alpha value is -3.84. The van der Waals surface area contributed by atoms with Crippen LogP contribution >= 0.6 is 0 Å². The van der Waals surface area contributed by atoms with E-state index in [2.05, 4.69) is 25.4 Å². The van der Waals surface area contributed by atoms with E-state index in [1.807, 2.05) is 55.0 Å². The van der Waals surface area contributed by atoms with Crippen LogP contribution in [0.25, 0.3) is 38.9 Å². The van der Waals surface area contributed by atoms with E-state index >= 15 is 0 Å². The standard InChI is InChI=1S/C24H20N6O/c1-3-19(20-4-2-9-26-23(20)5-1)21-14-29-30-15-16(11-28-24(21)30)22-7-6-17(13-27-22)31-18-8-10-25-12-18/h1-7,9,11,13-15,18,25H,8,10,12H2/t18-/m1/s1/i9D. The number of pyridine rings is 2. The summed E-state index contributed by atoms with van der Waals surface area (Å²) < 4.78 is 15.5. The second-order valence-electron chi connectivity index (χ2n) is 7.59. The number of fused-ring (bicyclic) bond motifs is 2. The van der Waals surface area contributed by atoms with E-state index < -0.39 is 0 Å². The first kappa shape index (κ1) is 16.9. The molecule has 0 bridgehead atoms. The van der Waals surface area contributed by atoms with Gasteiger partial charge >= 0.3 is 0 Å². The van der Waals surface area contributed by atoms with E-state index in [4.69, 9.17) is 6.11 Å². The molecule has 0 saturated carbocycles. The zero-order valence-corrected chi connectivity index (χ0v) is 16.7. The maximum Gasteiger partial charge on any atom is 0.162 e. The molecule has 1 aliphatic rings. The molecular weight excluding hydrogens is 388 g/mol. The number of aromatic nitrogens is 5. The van der Waals surface area contributed by atoms with Gasteiger partial charge in [-0.2, -0.15) is 5.10 Å². The summed E-state index contributed by atoms with van der Waals surface area (Å²) >= 11 is 0. The third-order valence-corrected chi connectivity index (χ3v) is 5.59. The zero-order chi connectivity index (χ0) is 21.5. The van der Waals surface area contributed by atoms with Gasteiger partial charge in [0.05, 0.1) is 25.0 Å². The van der Waals surface area contributed by atoms with E-state index in [-0.39, 0.29) is 12.3 Å². The molecule has 1 aliphatic heterocycles. The first-order valence-electron chi connectivity index (χ1n) is 10.8. The number of hydrogen-bond acceptors (Lipinski definition) is 6. The molecule has 152 valence electrons. The van der Waals surface area contributed by atoms with Crippen LogP contribution in [0.3, 0.4) is 0 Å². The predicted molar refractivity (Wildman–Crippen MR) is 119 cm³/mol. The Kier molecular flexibility index (Phi) is 4.06. The third kappa shape index (κ3) is 3.29. The van der Waals surface area contributed by atoms with Crippen molar-refractivity contribution in [2.24, 2.45) is 0 Å². The number of ether oxygens (including phenoxy) is 1. The van der Waals surface area contributed by atoms with Gasteiger partial charge in [0.2, 0.25) is 0 Å².